The van der Waals surface area contributed by atoms with Gasteiger partial charge in [-0.2, -0.15) is 0 Å². The zero-order chi connectivity index (χ0) is 12.6. The number of ether oxygens (including phenoxy) is 1. The number of carboxylic acids is 1. The van der Waals surface area contributed by atoms with Crippen LogP contribution in [0.25, 0.3) is 0 Å². The number of carboxylic acid groups (broad SMARTS) is 1. The van der Waals surface area contributed by atoms with Crippen molar-refractivity contribution in [3.05, 3.63) is 23.8 Å². The van der Waals surface area contributed by atoms with Crippen molar-refractivity contribution in [2.24, 2.45) is 0 Å². The van der Waals surface area contributed by atoms with Gasteiger partial charge in [-0.25, -0.2) is 13.2 Å². The van der Waals surface area contributed by atoms with Crippen LogP contribution >= 0.6 is 0 Å². The van der Waals surface area contributed by atoms with Crippen LogP contribution in [-0.4, -0.2) is 38.9 Å². The Balaban J connectivity index is 2.51. The molecule has 1 N–H and O–H groups in total. The van der Waals surface area contributed by atoms with Gasteiger partial charge < -0.3 is 9.84 Å². The smallest absolute Gasteiger partial charge is 0.335 e. The van der Waals surface area contributed by atoms with Crippen LogP contribution in [0.3, 0.4) is 0 Å². The Morgan fingerprint density at radius 3 is 2.76 bits per heavy atom. The maximum Gasteiger partial charge on any atom is 0.335 e. The van der Waals surface area contributed by atoms with Crippen molar-refractivity contribution >= 4 is 21.7 Å². The number of aromatic carboxylic acids is 1. The maximum absolute atomic E-state index is 11.5. The first-order chi connectivity index (χ1) is 7.89. The molecule has 6 nitrogen and oxygen atoms in total. The monoisotopic (exact) mass is 257 g/mol. The summed E-state index contributed by atoms with van der Waals surface area (Å²) in [5, 5.41) is 8.82. The normalized spacial score (nSPS) is 15.0. The number of benzene rings is 1. The molecule has 17 heavy (non-hydrogen) atoms. The Morgan fingerprint density at radius 1 is 1.47 bits per heavy atom. The summed E-state index contributed by atoms with van der Waals surface area (Å²) >= 11 is 0. The van der Waals surface area contributed by atoms with Gasteiger partial charge in [0.05, 0.1) is 24.1 Å². The topological polar surface area (TPSA) is 83.9 Å². The molecule has 0 saturated carbocycles. The van der Waals surface area contributed by atoms with Gasteiger partial charge in [0, 0.05) is 0 Å². The fourth-order valence-corrected chi connectivity index (χ4v) is 2.59. The number of anilines is 1. The molecule has 0 aliphatic carbocycles. The van der Waals surface area contributed by atoms with Crippen molar-refractivity contribution in [2.45, 2.75) is 0 Å². The van der Waals surface area contributed by atoms with Crippen LogP contribution in [0.4, 0.5) is 5.69 Å². The predicted octanol–water partition coefficient (Wildman–Crippen LogP) is 0.543. The maximum atomic E-state index is 11.5. The molecule has 1 aliphatic rings. The minimum Gasteiger partial charge on any atom is -0.489 e. The van der Waals surface area contributed by atoms with Crippen molar-refractivity contribution < 1.29 is 23.1 Å². The van der Waals surface area contributed by atoms with Gasteiger partial charge in [0.25, 0.3) is 0 Å². The van der Waals surface area contributed by atoms with Crippen LogP contribution in [0.2, 0.25) is 0 Å². The van der Waals surface area contributed by atoms with E-state index in [9.17, 15) is 13.2 Å². The van der Waals surface area contributed by atoms with Gasteiger partial charge in [0.2, 0.25) is 10.0 Å². The lowest BCUT2D eigenvalue weighted by atomic mass is 10.2. The van der Waals surface area contributed by atoms with E-state index < -0.39 is 16.0 Å². The lowest BCUT2D eigenvalue weighted by molar-refractivity contribution is 0.0696. The highest BCUT2D eigenvalue weighted by molar-refractivity contribution is 7.92. The zero-order valence-corrected chi connectivity index (χ0v) is 9.90. The largest absolute Gasteiger partial charge is 0.489 e. The van der Waals surface area contributed by atoms with Crippen molar-refractivity contribution in [2.75, 3.05) is 23.7 Å². The van der Waals surface area contributed by atoms with Gasteiger partial charge in [-0.15, -0.1) is 0 Å². The molecule has 1 aliphatic heterocycles. The average Bonchev–Trinajstić information content (AvgIpc) is 2.26. The molecule has 1 heterocycles. The van der Waals surface area contributed by atoms with Crippen LogP contribution in [0, 0.1) is 0 Å². The highest BCUT2D eigenvalue weighted by Crippen LogP contribution is 2.33. The summed E-state index contributed by atoms with van der Waals surface area (Å²) < 4.78 is 29.5. The fourth-order valence-electron chi connectivity index (χ4n) is 1.67. The molecule has 0 radical (unpaired) electrons. The Morgan fingerprint density at radius 2 is 2.18 bits per heavy atom. The van der Waals surface area contributed by atoms with Crippen LogP contribution in [0.15, 0.2) is 18.2 Å². The quantitative estimate of drug-likeness (QED) is 0.836. The van der Waals surface area contributed by atoms with Crippen LogP contribution < -0.4 is 9.04 Å². The molecule has 0 atom stereocenters. The van der Waals surface area contributed by atoms with Crippen molar-refractivity contribution in [1.29, 1.82) is 0 Å². The number of carbonyl (C=O) groups is 1. The molecule has 2 rings (SSSR count). The molecule has 0 saturated heterocycles. The van der Waals surface area contributed by atoms with E-state index >= 15 is 0 Å². The Kier molecular flexibility index (Phi) is 2.70. The summed E-state index contributed by atoms with van der Waals surface area (Å²) in [5.74, 6) is -0.797. The summed E-state index contributed by atoms with van der Waals surface area (Å²) in [5.41, 5.74) is 0.447. The third-order valence-corrected chi connectivity index (χ3v) is 3.61. The second kappa shape index (κ2) is 3.92. The molecule has 0 fully saturated rings. The van der Waals surface area contributed by atoms with Gasteiger partial charge in [-0.3, -0.25) is 4.31 Å². The second-order valence-corrected chi connectivity index (χ2v) is 5.58. The molecular weight excluding hydrogens is 246 g/mol. The minimum absolute atomic E-state index is 0.0686. The van der Waals surface area contributed by atoms with E-state index in [2.05, 4.69) is 0 Å². The second-order valence-electron chi connectivity index (χ2n) is 3.67. The summed E-state index contributed by atoms with van der Waals surface area (Å²) in [4.78, 5) is 10.8. The standard InChI is InChI=1S/C10H11NO5S/c1-17(14,15)11-4-5-16-9-6-7(10(12)13)2-3-8(9)11/h2-3,6H,4-5H2,1H3,(H,12,13). The molecule has 0 bridgehead atoms. The first kappa shape index (κ1) is 11.7. The van der Waals surface area contributed by atoms with Gasteiger partial charge in [0.1, 0.15) is 12.4 Å². The first-order valence-corrected chi connectivity index (χ1v) is 6.72. The van der Waals surface area contributed by atoms with E-state index in [0.29, 0.717) is 5.69 Å². The van der Waals surface area contributed by atoms with Crippen molar-refractivity contribution in [1.82, 2.24) is 0 Å². The van der Waals surface area contributed by atoms with Crippen molar-refractivity contribution in [3.8, 4) is 5.75 Å². The number of rotatable bonds is 2. The number of hydrogen-bond donors (Lipinski definition) is 1. The summed E-state index contributed by atoms with van der Waals surface area (Å²) in [6.07, 6.45) is 1.10. The van der Waals surface area contributed by atoms with E-state index in [1.807, 2.05) is 0 Å². The number of hydrogen-bond acceptors (Lipinski definition) is 4. The third kappa shape index (κ3) is 2.19. The highest BCUT2D eigenvalue weighted by atomic mass is 32.2. The van der Waals surface area contributed by atoms with Crippen LogP contribution in [0.1, 0.15) is 10.4 Å². The summed E-state index contributed by atoms with van der Waals surface area (Å²) in [7, 11) is -3.37. The molecular formula is C10H11NO5S. The number of fused-ring (bicyclic) bond motifs is 1. The minimum atomic E-state index is -3.37. The number of sulfonamides is 1. The van der Waals surface area contributed by atoms with E-state index in [-0.39, 0.29) is 24.5 Å². The Hall–Kier alpha value is -1.76. The van der Waals surface area contributed by atoms with Crippen LogP contribution in [-0.2, 0) is 10.0 Å². The van der Waals surface area contributed by atoms with E-state index in [4.69, 9.17) is 9.84 Å². The van der Waals surface area contributed by atoms with Gasteiger partial charge >= 0.3 is 5.97 Å². The van der Waals surface area contributed by atoms with Gasteiger partial charge in [-0.05, 0) is 18.2 Å². The van der Waals surface area contributed by atoms with E-state index in [1.54, 1.807) is 0 Å². The van der Waals surface area contributed by atoms with E-state index in [1.165, 1.54) is 22.5 Å². The molecule has 1 aromatic carbocycles. The van der Waals surface area contributed by atoms with Crippen molar-refractivity contribution in [3.63, 3.8) is 0 Å². The molecule has 1 aromatic rings. The predicted molar refractivity (Wildman–Crippen MR) is 61.1 cm³/mol. The summed E-state index contributed by atoms with van der Waals surface area (Å²) in [6.45, 7) is 0.446. The average molecular weight is 257 g/mol. The molecule has 0 spiro atoms. The lowest BCUT2D eigenvalue weighted by Crippen LogP contribution is -2.37. The zero-order valence-electron chi connectivity index (χ0n) is 9.08. The number of nitrogens with zero attached hydrogens (tertiary/aromatic N) is 1. The molecule has 0 amide bonds. The highest BCUT2D eigenvalue weighted by Gasteiger charge is 2.25. The Bertz CT molecular complexity index is 566. The molecule has 7 heteroatoms. The first-order valence-electron chi connectivity index (χ1n) is 4.87. The SMILES string of the molecule is CS(=O)(=O)N1CCOc2cc(C(=O)O)ccc21. The molecule has 0 aromatic heterocycles. The third-order valence-electron chi connectivity index (χ3n) is 2.43. The van der Waals surface area contributed by atoms with Crippen LogP contribution in [0.5, 0.6) is 5.75 Å². The fraction of sp³-hybridized carbons (Fsp3) is 0.300. The summed E-state index contributed by atoms with van der Waals surface area (Å²) in [6, 6.07) is 4.13. The van der Waals surface area contributed by atoms with E-state index in [0.717, 1.165) is 6.26 Å². The lowest BCUT2D eigenvalue weighted by Gasteiger charge is -2.29. The van der Waals surface area contributed by atoms with Gasteiger partial charge in [-0.1, -0.05) is 0 Å². The Labute approximate surface area is 98.5 Å². The molecule has 0 unspecified atom stereocenters. The molecule has 92 valence electrons. The van der Waals surface area contributed by atoms with Gasteiger partial charge in [0.15, 0.2) is 0 Å².